The fourth-order valence-corrected chi connectivity index (χ4v) is 5.02. The van der Waals surface area contributed by atoms with Crippen LogP contribution in [-0.4, -0.2) is 72.2 Å². The normalized spacial score (nSPS) is 21.7. The van der Waals surface area contributed by atoms with Crippen molar-refractivity contribution in [1.82, 2.24) is 15.3 Å². The second-order valence-electron chi connectivity index (χ2n) is 10.5. The summed E-state index contributed by atoms with van der Waals surface area (Å²) >= 11 is 0. The van der Waals surface area contributed by atoms with E-state index in [1.165, 1.54) is 0 Å². The molecule has 198 valence electrons. The standard InChI is InChI=1S/C26H34N6O5/c1-15(2)28-24(33)20-10-16(3)22-23(29-20)32(17-7-9-31(22)12-17)25(34)30-21-11-18(6-8-27-21)35-13-19-14-36-26(4,5)37-19/h6,8,10-11,15,17,19H,7,9,12-14H2,1-5H3,(H,28,33)(H,27,30,34)/t17?,19-/m0/s1. The minimum Gasteiger partial charge on any atom is -0.491 e. The summed E-state index contributed by atoms with van der Waals surface area (Å²) in [6, 6.07) is 4.77. The average molecular weight is 511 g/mol. The average Bonchev–Trinajstić information content (AvgIpc) is 3.40. The highest BCUT2D eigenvalue weighted by molar-refractivity contribution is 6.05. The number of ether oxygens (including phenoxy) is 3. The summed E-state index contributed by atoms with van der Waals surface area (Å²) in [6.45, 7) is 11.8. The van der Waals surface area contributed by atoms with Gasteiger partial charge in [0.15, 0.2) is 11.6 Å². The van der Waals surface area contributed by atoms with Crippen molar-refractivity contribution in [1.29, 1.82) is 0 Å². The zero-order chi connectivity index (χ0) is 26.3. The van der Waals surface area contributed by atoms with Crippen molar-refractivity contribution in [2.45, 2.75) is 65.0 Å². The number of amides is 3. The van der Waals surface area contributed by atoms with Gasteiger partial charge in [0.2, 0.25) is 0 Å². The van der Waals surface area contributed by atoms with E-state index in [4.69, 9.17) is 14.2 Å². The molecule has 2 fully saturated rings. The number of hydrogen-bond donors (Lipinski definition) is 2. The van der Waals surface area contributed by atoms with Crippen LogP contribution in [0.25, 0.3) is 0 Å². The third-order valence-electron chi connectivity index (χ3n) is 6.58. The lowest BCUT2D eigenvalue weighted by Crippen LogP contribution is -2.49. The first-order chi connectivity index (χ1) is 17.6. The summed E-state index contributed by atoms with van der Waals surface area (Å²) in [4.78, 5) is 39.2. The van der Waals surface area contributed by atoms with Crippen molar-refractivity contribution in [2.75, 3.05) is 41.4 Å². The minimum absolute atomic E-state index is 0.0233. The molecule has 0 aromatic carbocycles. The van der Waals surface area contributed by atoms with Crippen LogP contribution in [0.1, 0.15) is 50.2 Å². The zero-order valence-corrected chi connectivity index (χ0v) is 21.9. The molecule has 0 spiro atoms. The Balaban J connectivity index is 1.34. The van der Waals surface area contributed by atoms with E-state index in [0.717, 1.165) is 30.8 Å². The number of nitrogens with zero attached hydrogens (tertiary/aromatic N) is 4. The SMILES string of the molecule is Cc1cc(C(=O)NC(C)C)nc2c1N1CCC(C1)N2C(=O)Nc1cc(OC[C@H]2COC(C)(C)O2)ccn1. The summed E-state index contributed by atoms with van der Waals surface area (Å²) in [5.74, 6) is 0.535. The van der Waals surface area contributed by atoms with Crippen LogP contribution in [0.5, 0.6) is 5.75 Å². The molecule has 5 heterocycles. The molecule has 37 heavy (non-hydrogen) atoms. The Bertz CT molecular complexity index is 1200. The number of rotatable bonds is 6. The number of aromatic nitrogens is 2. The van der Waals surface area contributed by atoms with Crippen LogP contribution < -0.4 is 25.2 Å². The maximum Gasteiger partial charge on any atom is 0.329 e. The van der Waals surface area contributed by atoms with Crippen LogP contribution in [0.15, 0.2) is 24.4 Å². The van der Waals surface area contributed by atoms with E-state index in [2.05, 4.69) is 25.5 Å². The molecule has 2 atom stereocenters. The molecule has 11 heteroatoms. The Morgan fingerprint density at radius 3 is 2.84 bits per heavy atom. The van der Waals surface area contributed by atoms with Gasteiger partial charge in [0.25, 0.3) is 5.91 Å². The predicted octanol–water partition coefficient (Wildman–Crippen LogP) is 3.08. The lowest BCUT2D eigenvalue weighted by molar-refractivity contribution is -0.141. The van der Waals surface area contributed by atoms with E-state index in [9.17, 15) is 9.59 Å². The molecule has 1 unspecified atom stereocenters. The Hall–Kier alpha value is -3.44. The molecule has 0 radical (unpaired) electrons. The van der Waals surface area contributed by atoms with Gasteiger partial charge in [-0.3, -0.25) is 15.0 Å². The summed E-state index contributed by atoms with van der Waals surface area (Å²) in [7, 11) is 0. The van der Waals surface area contributed by atoms with Crippen molar-refractivity contribution in [2.24, 2.45) is 0 Å². The molecular weight excluding hydrogens is 476 g/mol. The molecule has 2 aromatic heterocycles. The van der Waals surface area contributed by atoms with Crippen molar-refractivity contribution in [3.8, 4) is 5.75 Å². The molecule has 0 saturated carbocycles. The van der Waals surface area contributed by atoms with Crippen LogP contribution in [0.2, 0.25) is 0 Å². The predicted molar refractivity (Wildman–Crippen MR) is 138 cm³/mol. The smallest absolute Gasteiger partial charge is 0.329 e. The number of aryl methyl sites for hydroxylation is 1. The van der Waals surface area contributed by atoms with Crippen LogP contribution in [-0.2, 0) is 9.47 Å². The minimum atomic E-state index is -0.617. The first-order valence-corrected chi connectivity index (χ1v) is 12.7. The molecular formula is C26H34N6O5. The van der Waals surface area contributed by atoms with Crippen molar-refractivity contribution >= 4 is 29.3 Å². The maximum atomic E-state index is 13.6. The molecule has 3 aliphatic rings. The Morgan fingerprint density at radius 2 is 2.11 bits per heavy atom. The van der Waals surface area contributed by atoms with E-state index in [1.54, 1.807) is 29.3 Å². The first-order valence-electron chi connectivity index (χ1n) is 12.7. The van der Waals surface area contributed by atoms with Crippen LogP contribution in [0.3, 0.4) is 0 Å². The largest absolute Gasteiger partial charge is 0.491 e. The van der Waals surface area contributed by atoms with Gasteiger partial charge in [-0.05, 0) is 58.7 Å². The topological polar surface area (TPSA) is 118 Å². The molecule has 2 aromatic rings. The lowest BCUT2D eigenvalue weighted by Gasteiger charge is -2.36. The summed E-state index contributed by atoms with van der Waals surface area (Å²) in [5, 5.41) is 5.78. The van der Waals surface area contributed by atoms with Gasteiger partial charge in [0, 0.05) is 31.4 Å². The Labute approximate surface area is 216 Å². The Kier molecular flexibility index (Phi) is 6.67. The van der Waals surface area contributed by atoms with Crippen LogP contribution in [0, 0.1) is 6.92 Å². The molecule has 2 N–H and O–H groups in total. The van der Waals surface area contributed by atoms with Gasteiger partial charge in [-0.15, -0.1) is 0 Å². The fraction of sp³-hybridized carbons (Fsp3) is 0.538. The Morgan fingerprint density at radius 1 is 1.30 bits per heavy atom. The molecule has 3 amide bonds. The van der Waals surface area contributed by atoms with E-state index in [0.29, 0.717) is 36.3 Å². The zero-order valence-electron chi connectivity index (χ0n) is 21.9. The van der Waals surface area contributed by atoms with Gasteiger partial charge in [0.1, 0.15) is 30.0 Å². The van der Waals surface area contributed by atoms with E-state index in [1.807, 2.05) is 34.6 Å². The summed E-state index contributed by atoms with van der Waals surface area (Å²) < 4.78 is 17.2. The number of urea groups is 1. The van der Waals surface area contributed by atoms with E-state index >= 15 is 0 Å². The van der Waals surface area contributed by atoms with Crippen molar-refractivity contribution < 1.29 is 23.8 Å². The van der Waals surface area contributed by atoms with E-state index < -0.39 is 5.79 Å². The van der Waals surface area contributed by atoms with Crippen molar-refractivity contribution in [3.05, 3.63) is 35.7 Å². The number of anilines is 3. The third-order valence-corrected chi connectivity index (χ3v) is 6.58. The number of carbonyl (C=O) groups excluding carboxylic acids is 2. The van der Waals surface area contributed by atoms with Gasteiger partial charge in [-0.1, -0.05) is 0 Å². The quantitative estimate of drug-likeness (QED) is 0.609. The fourth-order valence-electron chi connectivity index (χ4n) is 5.02. The number of hydrogen-bond acceptors (Lipinski definition) is 8. The summed E-state index contributed by atoms with van der Waals surface area (Å²) in [5.41, 5.74) is 2.09. The second-order valence-corrected chi connectivity index (χ2v) is 10.5. The maximum absolute atomic E-state index is 13.6. The third kappa shape index (κ3) is 5.33. The van der Waals surface area contributed by atoms with Crippen LogP contribution >= 0.6 is 0 Å². The highest BCUT2D eigenvalue weighted by atomic mass is 16.7. The van der Waals surface area contributed by atoms with Gasteiger partial charge >= 0.3 is 6.03 Å². The number of carbonyl (C=O) groups is 2. The molecule has 5 rings (SSSR count). The van der Waals surface area contributed by atoms with Crippen molar-refractivity contribution in [3.63, 3.8) is 0 Å². The number of pyridine rings is 2. The summed E-state index contributed by atoms with van der Waals surface area (Å²) in [6.07, 6.45) is 2.22. The molecule has 2 bridgehead atoms. The molecule has 2 saturated heterocycles. The van der Waals surface area contributed by atoms with Gasteiger partial charge in [0.05, 0.1) is 18.3 Å². The van der Waals surface area contributed by atoms with E-state index in [-0.39, 0.29) is 30.1 Å². The van der Waals surface area contributed by atoms with Crippen LogP contribution in [0.4, 0.5) is 22.1 Å². The molecule has 3 aliphatic heterocycles. The monoisotopic (exact) mass is 510 g/mol. The second kappa shape index (κ2) is 9.79. The van der Waals surface area contributed by atoms with Gasteiger partial charge in [-0.25, -0.2) is 14.8 Å². The molecule has 0 aliphatic carbocycles. The molecule has 11 nitrogen and oxygen atoms in total. The lowest BCUT2D eigenvalue weighted by atomic mass is 10.1. The number of nitrogens with one attached hydrogen (secondary N) is 2. The van der Waals surface area contributed by atoms with Gasteiger partial charge < -0.3 is 24.4 Å². The highest BCUT2D eigenvalue weighted by Gasteiger charge is 2.41. The first kappa shape index (κ1) is 25.2. The van der Waals surface area contributed by atoms with Gasteiger partial charge in [-0.2, -0.15) is 0 Å². The number of fused-ring (bicyclic) bond motifs is 4. The highest BCUT2D eigenvalue weighted by Crippen LogP contribution is 2.41.